The number of hydrogen-bond acceptors (Lipinski definition) is 4. The average molecular weight is 321 g/mol. The molecular formula is C11H7Cl2FN2O2S. The molecule has 0 aliphatic rings. The Balaban J connectivity index is 2.79. The van der Waals surface area contributed by atoms with Crippen LogP contribution < -0.4 is 0 Å². The second kappa shape index (κ2) is 5.03. The summed E-state index contributed by atoms with van der Waals surface area (Å²) in [4.78, 5) is 7.37. The minimum Gasteiger partial charge on any atom is -0.226 e. The Morgan fingerprint density at radius 3 is 2.63 bits per heavy atom. The summed E-state index contributed by atoms with van der Waals surface area (Å²) in [5, 5.41) is -0.0390. The monoisotopic (exact) mass is 320 g/mol. The van der Waals surface area contributed by atoms with Crippen molar-refractivity contribution in [1.82, 2.24) is 9.97 Å². The lowest BCUT2D eigenvalue weighted by atomic mass is 10.1. The van der Waals surface area contributed by atoms with Crippen LogP contribution in [0, 0.1) is 12.7 Å². The van der Waals surface area contributed by atoms with Crippen LogP contribution in [0.25, 0.3) is 11.3 Å². The van der Waals surface area contributed by atoms with Crippen LogP contribution in [0.4, 0.5) is 4.39 Å². The molecule has 0 spiro atoms. The van der Waals surface area contributed by atoms with Gasteiger partial charge in [0.1, 0.15) is 5.82 Å². The molecule has 19 heavy (non-hydrogen) atoms. The normalized spacial score (nSPS) is 11.6. The summed E-state index contributed by atoms with van der Waals surface area (Å²) in [6, 6.07) is 3.25. The Kier molecular flexibility index (Phi) is 3.75. The van der Waals surface area contributed by atoms with Crippen LogP contribution >= 0.6 is 22.3 Å². The maximum atomic E-state index is 13.2. The molecule has 1 aromatic carbocycles. The molecule has 1 heterocycles. The summed E-state index contributed by atoms with van der Waals surface area (Å²) in [6.07, 6.45) is 1.44. The molecule has 0 atom stereocenters. The number of aryl methyl sites for hydroxylation is 1. The number of hydrogen-bond donors (Lipinski definition) is 0. The Hall–Kier alpha value is -1.24. The number of rotatable bonds is 2. The van der Waals surface area contributed by atoms with E-state index in [0.29, 0.717) is 11.3 Å². The fraction of sp³-hybridized carbons (Fsp3) is 0.0909. The third kappa shape index (κ3) is 3.02. The Morgan fingerprint density at radius 2 is 2.00 bits per heavy atom. The zero-order chi connectivity index (χ0) is 14.2. The van der Waals surface area contributed by atoms with Crippen molar-refractivity contribution in [2.75, 3.05) is 0 Å². The van der Waals surface area contributed by atoms with E-state index in [2.05, 4.69) is 9.97 Å². The molecule has 1 aromatic heterocycles. The van der Waals surface area contributed by atoms with Gasteiger partial charge in [-0.15, -0.1) is 0 Å². The maximum absolute atomic E-state index is 13.2. The van der Waals surface area contributed by atoms with E-state index in [1.807, 2.05) is 0 Å². The van der Waals surface area contributed by atoms with Crippen molar-refractivity contribution in [2.24, 2.45) is 0 Å². The van der Waals surface area contributed by atoms with Crippen molar-refractivity contribution in [3.05, 3.63) is 41.1 Å². The summed E-state index contributed by atoms with van der Waals surface area (Å²) in [7, 11) is 1.20. The van der Waals surface area contributed by atoms with Crippen molar-refractivity contribution >= 4 is 31.3 Å². The van der Waals surface area contributed by atoms with Gasteiger partial charge in [-0.25, -0.2) is 22.8 Å². The van der Waals surface area contributed by atoms with E-state index < -0.39 is 14.9 Å². The van der Waals surface area contributed by atoms with Crippen LogP contribution in [0.3, 0.4) is 0 Å². The van der Waals surface area contributed by atoms with Gasteiger partial charge in [-0.05, 0) is 42.3 Å². The van der Waals surface area contributed by atoms with Gasteiger partial charge in [0.25, 0.3) is 9.05 Å². The molecule has 0 bridgehead atoms. The topological polar surface area (TPSA) is 59.9 Å². The molecule has 0 saturated carbocycles. The lowest BCUT2D eigenvalue weighted by molar-refractivity contribution is 0.602. The molecule has 2 aromatic rings. The molecule has 0 aliphatic heterocycles. The molecule has 0 saturated heterocycles. The van der Waals surface area contributed by atoms with Crippen LogP contribution in [0.15, 0.2) is 29.3 Å². The van der Waals surface area contributed by atoms with Crippen LogP contribution in [0.1, 0.15) is 5.56 Å². The first-order valence-electron chi connectivity index (χ1n) is 5.03. The molecule has 8 heteroatoms. The van der Waals surface area contributed by atoms with E-state index in [-0.39, 0.29) is 15.7 Å². The summed E-state index contributed by atoms with van der Waals surface area (Å²) >= 11 is 5.69. The summed E-state index contributed by atoms with van der Waals surface area (Å²) in [5.74, 6) is -0.708. The average Bonchev–Trinajstić information content (AvgIpc) is 2.31. The first-order valence-corrected chi connectivity index (χ1v) is 7.71. The quantitative estimate of drug-likeness (QED) is 0.630. The van der Waals surface area contributed by atoms with Crippen LogP contribution in [-0.2, 0) is 9.05 Å². The predicted octanol–water partition coefficient (Wildman–Crippen LogP) is 3.17. The van der Waals surface area contributed by atoms with Gasteiger partial charge in [-0.3, -0.25) is 0 Å². The highest BCUT2D eigenvalue weighted by Crippen LogP contribution is 2.31. The van der Waals surface area contributed by atoms with E-state index in [9.17, 15) is 12.8 Å². The first kappa shape index (κ1) is 14.2. The van der Waals surface area contributed by atoms with Crippen molar-refractivity contribution in [3.63, 3.8) is 0 Å². The number of halogens is 3. The molecule has 0 N–H and O–H groups in total. The Bertz CT molecular complexity index is 750. The van der Waals surface area contributed by atoms with Gasteiger partial charge in [-0.1, -0.05) is 0 Å². The van der Waals surface area contributed by atoms with Gasteiger partial charge >= 0.3 is 0 Å². The summed E-state index contributed by atoms with van der Waals surface area (Å²) in [6.45, 7) is 1.68. The van der Waals surface area contributed by atoms with E-state index >= 15 is 0 Å². The van der Waals surface area contributed by atoms with Crippen molar-refractivity contribution < 1.29 is 12.8 Å². The summed E-state index contributed by atoms with van der Waals surface area (Å²) < 4.78 is 36.2. The van der Waals surface area contributed by atoms with Gasteiger partial charge in [0.2, 0.25) is 5.28 Å². The maximum Gasteiger partial charge on any atom is 0.262 e. The molecule has 4 nitrogen and oxygen atoms in total. The fourth-order valence-electron chi connectivity index (χ4n) is 1.59. The van der Waals surface area contributed by atoms with E-state index in [1.54, 1.807) is 6.92 Å². The van der Waals surface area contributed by atoms with Crippen LogP contribution in [0.5, 0.6) is 0 Å². The molecule has 100 valence electrons. The molecule has 2 rings (SSSR count). The van der Waals surface area contributed by atoms with E-state index in [4.69, 9.17) is 22.3 Å². The molecule has 0 unspecified atom stereocenters. The van der Waals surface area contributed by atoms with Gasteiger partial charge < -0.3 is 0 Å². The molecule has 0 fully saturated rings. The predicted molar refractivity (Wildman–Crippen MR) is 70.2 cm³/mol. The zero-order valence-corrected chi connectivity index (χ0v) is 11.9. The molecular weight excluding hydrogens is 314 g/mol. The number of benzene rings is 1. The minimum absolute atomic E-state index is 0.0390. The lowest BCUT2D eigenvalue weighted by Gasteiger charge is -2.09. The highest BCUT2D eigenvalue weighted by atomic mass is 35.7. The second-order valence-corrected chi connectivity index (χ2v) is 6.62. The van der Waals surface area contributed by atoms with E-state index in [0.717, 1.165) is 12.1 Å². The SMILES string of the molecule is Cc1cnc(Cl)nc1-c1ccc(F)cc1S(=O)(=O)Cl. The van der Waals surface area contributed by atoms with Crippen LogP contribution in [0.2, 0.25) is 5.28 Å². The van der Waals surface area contributed by atoms with Gasteiger partial charge in [0.15, 0.2) is 0 Å². The van der Waals surface area contributed by atoms with Crippen molar-refractivity contribution in [2.45, 2.75) is 11.8 Å². The summed E-state index contributed by atoms with van der Waals surface area (Å²) in [5.41, 5.74) is 1.06. The Labute approximate surface area is 118 Å². The van der Waals surface area contributed by atoms with Crippen molar-refractivity contribution in [1.29, 1.82) is 0 Å². The van der Waals surface area contributed by atoms with Gasteiger partial charge in [0.05, 0.1) is 10.6 Å². The lowest BCUT2D eigenvalue weighted by Crippen LogP contribution is -1.99. The van der Waals surface area contributed by atoms with Gasteiger partial charge in [0, 0.05) is 22.4 Å². The smallest absolute Gasteiger partial charge is 0.226 e. The largest absolute Gasteiger partial charge is 0.262 e. The highest BCUT2D eigenvalue weighted by Gasteiger charge is 2.20. The first-order chi connectivity index (χ1) is 8.79. The molecule has 0 amide bonds. The molecule has 0 aliphatic carbocycles. The van der Waals surface area contributed by atoms with Crippen molar-refractivity contribution in [3.8, 4) is 11.3 Å². The highest BCUT2D eigenvalue weighted by molar-refractivity contribution is 8.13. The van der Waals surface area contributed by atoms with Crippen LogP contribution in [-0.4, -0.2) is 18.4 Å². The fourth-order valence-corrected chi connectivity index (χ4v) is 2.78. The van der Waals surface area contributed by atoms with E-state index in [1.165, 1.54) is 12.3 Å². The third-order valence-electron chi connectivity index (χ3n) is 2.40. The Morgan fingerprint density at radius 1 is 1.32 bits per heavy atom. The minimum atomic E-state index is -4.11. The third-order valence-corrected chi connectivity index (χ3v) is 3.95. The number of aromatic nitrogens is 2. The van der Waals surface area contributed by atoms with Gasteiger partial charge in [-0.2, -0.15) is 0 Å². The standard InChI is InChI=1S/C11H7Cl2FN2O2S/c1-6-5-15-11(12)16-10(6)8-3-2-7(14)4-9(8)19(13,17)18/h2-5H,1H3. The second-order valence-electron chi connectivity index (χ2n) is 3.75. The number of nitrogens with zero attached hydrogens (tertiary/aromatic N) is 2. The molecule has 0 radical (unpaired) electrons. The zero-order valence-electron chi connectivity index (χ0n) is 9.56.